The fraction of sp³-hybridized carbons (Fsp3) is 0.882. The number of urea groups is 1. The molecule has 3 aliphatic rings. The Morgan fingerprint density at radius 3 is 2.57 bits per heavy atom. The number of hydrogen-bond acceptors (Lipinski definition) is 3. The number of carboxylic acid groups (broad SMARTS) is 1. The van der Waals surface area contributed by atoms with Crippen LogP contribution in [0.2, 0.25) is 0 Å². The number of rotatable bonds is 1. The highest BCUT2D eigenvalue weighted by Gasteiger charge is 2.53. The van der Waals surface area contributed by atoms with Crippen molar-refractivity contribution in [1.82, 2.24) is 9.80 Å². The average Bonchev–Trinajstić information content (AvgIpc) is 2.53. The van der Waals surface area contributed by atoms with Crippen LogP contribution < -0.4 is 0 Å². The predicted molar refractivity (Wildman–Crippen MR) is 85.3 cm³/mol. The van der Waals surface area contributed by atoms with Crippen LogP contribution >= 0.6 is 0 Å². The Morgan fingerprint density at radius 1 is 1.13 bits per heavy atom. The van der Waals surface area contributed by atoms with Crippen molar-refractivity contribution in [2.24, 2.45) is 5.41 Å². The summed E-state index contributed by atoms with van der Waals surface area (Å²) in [5.41, 5.74) is -1.07. The number of aliphatic carboxylic acids is 1. The van der Waals surface area contributed by atoms with Crippen LogP contribution in [0.3, 0.4) is 0 Å². The molecule has 1 N–H and O–H groups in total. The number of amides is 2. The van der Waals surface area contributed by atoms with E-state index in [4.69, 9.17) is 4.74 Å². The minimum Gasteiger partial charge on any atom is -0.481 e. The van der Waals surface area contributed by atoms with Gasteiger partial charge in [-0.1, -0.05) is 12.8 Å². The number of morpholine rings is 1. The van der Waals surface area contributed by atoms with Crippen LogP contribution in [0.1, 0.15) is 52.4 Å². The van der Waals surface area contributed by atoms with E-state index in [0.717, 1.165) is 25.7 Å². The van der Waals surface area contributed by atoms with Gasteiger partial charge in [0, 0.05) is 19.1 Å². The number of nitrogens with zero attached hydrogens (tertiary/aromatic N) is 2. The zero-order valence-corrected chi connectivity index (χ0v) is 14.2. The van der Waals surface area contributed by atoms with Gasteiger partial charge in [0.2, 0.25) is 0 Å². The molecule has 0 aromatic carbocycles. The number of ether oxygens (including phenoxy) is 1. The number of hydrogen-bond donors (Lipinski definition) is 1. The highest BCUT2D eigenvalue weighted by Crippen LogP contribution is 2.46. The smallest absolute Gasteiger partial charge is 0.320 e. The van der Waals surface area contributed by atoms with Gasteiger partial charge in [0.15, 0.2) is 0 Å². The summed E-state index contributed by atoms with van der Waals surface area (Å²) < 4.78 is 5.51. The third-order valence-corrected chi connectivity index (χ3v) is 5.93. The molecular formula is C17H28N2O4. The van der Waals surface area contributed by atoms with Crippen molar-refractivity contribution in [2.75, 3.05) is 26.3 Å². The molecule has 0 unspecified atom stereocenters. The second-order valence-corrected chi connectivity index (χ2v) is 7.82. The van der Waals surface area contributed by atoms with E-state index in [0.29, 0.717) is 39.1 Å². The molecule has 1 saturated carbocycles. The van der Waals surface area contributed by atoms with Crippen LogP contribution in [-0.4, -0.2) is 64.8 Å². The first-order valence-electron chi connectivity index (χ1n) is 8.78. The molecule has 130 valence electrons. The van der Waals surface area contributed by atoms with Crippen LogP contribution in [-0.2, 0) is 9.53 Å². The van der Waals surface area contributed by atoms with E-state index in [1.807, 2.05) is 23.6 Å². The normalized spacial score (nSPS) is 33.9. The minimum absolute atomic E-state index is 0.00414. The van der Waals surface area contributed by atoms with Crippen LogP contribution in [0.4, 0.5) is 4.79 Å². The maximum atomic E-state index is 13.2. The number of likely N-dealkylation sites (tertiary alicyclic amines) is 1. The lowest BCUT2D eigenvalue weighted by molar-refractivity contribution is -0.159. The Hall–Kier alpha value is -1.30. The van der Waals surface area contributed by atoms with Crippen molar-refractivity contribution in [3.8, 4) is 0 Å². The van der Waals surface area contributed by atoms with Crippen LogP contribution in [0.15, 0.2) is 0 Å². The molecule has 2 atom stereocenters. The third-order valence-electron chi connectivity index (χ3n) is 5.93. The Kier molecular flexibility index (Phi) is 4.29. The van der Waals surface area contributed by atoms with Crippen molar-refractivity contribution < 1.29 is 19.4 Å². The molecule has 0 aromatic rings. The maximum Gasteiger partial charge on any atom is 0.320 e. The summed E-state index contributed by atoms with van der Waals surface area (Å²) in [5.74, 6) is -0.721. The number of carbonyl (C=O) groups excluding carboxylic acids is 1. The molecular weight excluding hydrogens is 296 g/mol. The van der Waals surface area contributed by atoms with Gasteiger partial charge in [-0.2, -0.15) is 0 Å². The lowest BCUT2D eigenvalue weighted by Crippen LogP contribution is -2.65. The molecule has 1 aliphatic carbocycles. The lowest BCUT2D eigenvalue weighted by atomic mass is 9.65. The van der Waals surface area contributed by atoms with Gasteiger partial charge in [0.25, 0.3) is 0 Å². The molecule has 2 heterocycles. The van der Waals surface area contributed by atoms with Crippen molar-refractivity contribution in [2.45, 2.75) is 64.0 Å². The quantitative estimate of drug-likeness (QED) is 0.803. The SMILES string of the molecule is CC1(C)COCCN1C(=O)N1CCC[C@]2(C(=O)O)CCCC[C@@H]12. The largest absolute Gasteiger partial charge is 0.481 e. The minimum atomic E-state index is -0.734. The number of piperidine rings is 1. The summed E-state index contributed by atoms with van der Waals surface area (Å²) in [6, 6.07) is -0.163. The zero-order valence-electron chi connectivity index (χ0n) is 14.2. The second kappa shape index (κ2) is 5.96. The Bertz CT molecular complexity index is 489. The molecule has 2 saturated heterocycles. The summed E-state index contributed by atoms with van der Waals surface area (Å²) in [6.07, 6.45) is 4.94. The molecule has 2 amide bonds. The summed E-state index contributed by atoms with van der Waals surface area (Å²) in [4.78, 5) is 28.9. The Labute approximate surface area is 137 Å². The predicted octanol–water partition coefficient (Wildman–Crippen LogP) is 2.33. The highest BCUT2D eigenvalue weighted by atomic mass is 16.5. The van der Waals surface area contributed by atoms with Gasteiger partial charge in [-0.3, -0.25) is 4.79 Å². The number of carbonyl (C=O) groups is 2. The van der Waals surface area contributed by atoms with Gasteiger partial charge in [0.1, 0.15) is 0 Å². The maximum absolute atomic E-state index is 13.2. The second-order valence-electron chi connectivity index (χ2n) is 7.82. The number of carboxylic acids is 1. The number of fused-ring (bicyclic) bond motifs is 1. The first kappa shape index (κ1) is 16.6. The molecule has 6 heteroatoms. The summed E-state index contributed by atoms with van der Waals surface area (Å²) >= 11 is 0. The Balaban J connectivity index is 1.86. The van der Waals surface area contributed by atoms with Crippen molar-refractivity contribution >= 4 is 12.0 Å². The fourth-order valence-corrected chi connectivity index (χ4v) is 4.64. The van der Waals surface area contributed by atoms with Crippen molar-refractivity contribution in [3.63, 3.8) is 0 Å². The van der Waals surface area contributed by atoms with Gasteiger partial charge < -0.3 is 19.6 Å². The summed E-state index contributed by atoms with van der Waals surface area (Å²) in [7, 11) is 0. The van der Waals surface area contributed by atoms with Gasteiger partial charge in [0.05, 0.1) is 24.2 Å². The van der Waals surface area contributed by atoms with Crippen LogP contribution in [0, 0.1) is 5.41 Å². The molecule has 3 rings (SSSR count). The van der Waals surface area contributed by atoms with E-state index in [1.54, 1.807) is 0 Å². The highest BCUT2D eigenvalue weighted by molar-refractivity contribution is 5.80. The van der Waals surface area contributed by atoms with Crippen molar-refractivity contribution in [3.05, 3.63) is 0 Å². The first-order valence-corrected chi connectivity index (χ1v) is 8.78. The lowest BCUT2D eigenvalue weighted by Gasteiger charge is -2.53. The zero-order chi connectivity index (χ0) is 16.7. The molecule has 0 radical (unpaired) electrons. The molecule has 0 aromatic heterocycles. The van der Waals surface area contributed by atoms with Gasteiger partial charge in [-0.05, 0) is 39.5 Å². The molecule has 0 bridgehead atoms. The molecule has 2 aliphatic heterocycles. The van der Waals surface area contributed by atoms with E-state index in [1.165, 1.54) is 0 Å². The van der Waals surface area contributed by atoms with E-state index in [2.05, 4.69) is 0 Å². The molecule has 23 heavy (non-hydrogen) atoms. The van der Waals surface area contributed by atoms with Gasteiger partial charge in [-0.25, -0.2) is 4.79 Å². The summed E-state index contributed by atoms with van der Waals surface area (Å²) in [5, 5.41) is 9.87. The standard InChI is InChI=1S/C17H28N2O4/c1-16(2)12-23-11-10-19(16)15(22)18-9-5-8-17(14(20)21)7-4-3-6-13(17)18/h13H,3-12H2,1-2H3,(H,20,21)/t13-,17-/m1/s1. The van der Waals surface area contributed by atoms with E-state index < -0.39 is 11.4 Å². The monoisotopic (exact) mass is 324 g/mol. The summed E-state index contributed by atoms with van der Waals surface area (Å²) in [6.45, 7) is 6.36. The Morgan fingerprint density at radius 2 is 1.87 bits per heavy atom. The average molecular weight is 324 g/mol. The van der Waals surface area contributed by atoms with E-state index >= 15 is 0 Å². The van der Waals surface area contributed by atoms with Crippen molar-refractivity contribution in [1.29, 1.82) is 0 Å². The first-order chi connectivity index (χ1) is 10.9. The topological polar surface area (TPSA) is 70.1 Å². The van der Waals surface area contributed by atoms with Gasteiger partial charge >= 0.3 is 12.0 Å². The van der Waals surface area contributed by atoms with E-state index in [9.17, 15) is 14.7 Å². The molecule has 3 fully saturated rings. The van der Waals surface area contributed by atoms with Crippen LogP contribution in [0.25, 0.3) is 0 Å². The third kappa shape index (κ3) is 2.71. The molecule has 6 nitrogen and oxygen atoms in total. The van der Waals surface area contributed by atoms with E-state index in [-0.39, 0.29) is 17.6 Å². The van der Waals surface area contributed by atoms with Gasteiger partial charge in [-0.15, -0.1) is 0 Å². The molecule has 0 spiro atoms. The van der Waals surface area contributed by atoms with Crippen LogP contribution in [0.5, 0.6) is 0 Å². The fourth-order valence-electron chi connectivity index (χ4n) is 4.64.